The molecule has 0 atom stereocenters. The van der Waals surface area contributed by atoms with Gasteiger partial charge in [0.25, 0.3) is 17.5 Å². The lowest BCUT2D eigenvalue weighted by atomic mass is 9.98. The van der Waals surface area contributed by atoms with Crippen LogP contribution in [0.2, 0.25) is 0 Å². The monoisotopic (exact) mass is 248 g/mol. The molecule has 92 valence electrons. The van der Waals surface area contributed by atoms with E-state index >= 15 is 0 Å². The number of aliphatic hydroxyl groups is 1. The van der Waals surface area contributed by atoms with Gasteiger partial charge in [0.05, 0.1) is 22.3 Å². The van der Waals surface area contributed by atoms with Crippen LogP contribution >= 0.6 is 0 Å². The third kappa shape index (κ3) is 1.71. The Morgan fingerprint density at radius 2 is 2.06 bits per heavy atom. The van der Waals surface area contributed by atoms with Crippen molar-refractivity contribution in [2.75, 3.05) is 0 Å². The standard InChI is InChI=1S/C11H8N2O5/c14-5-1-2-6-8(13(17)18)4-3-7-9(6)11(16)12-10(7)15/h1,3-5,14H,2H2,(H,12,15,16). The Balaban J connectivity index is 2.68. The van der Waals surface area contributed by atoms with Crippen LogP contribution in [0.15, 0.2) is 24.5 Å². The van der Waals surface area contributed by atoms with Gasteiger partial charge >= 0.3 is 0 Å². The van der Waals surface area contributed by atoms with Gasteiger partial charge in [0.1, 0.15) is 0 Å². The van der Waals surface area contributed by atoms with E-state index in [1.54, 1.807) is 0 Å². The smallest absolute Gasteiger partial charge is 0.273 e. The number of hydrogen-bond acceptors (Lipinski definition) is 5. The third-order valence-corrected chi connectivity index (χ3v) is 2.61. The SMILES string of the molecule is O=C1NC(=O)c2c1ccc([N+](=O)[O-])c2CC=CO. The Hall–Kier alpha value is -2.70. The van der Waals surface area contributed by atoms with Crippen LogP contribution in [0.1, 0.15) is 26.3 Å². The first-order chi connectivity index (χ1) is 8.56. The van der Waals surface area contributed by atoms with Gasteiger partial charge in [0.2, 0.25) is 0 Å². The van der Waals surface area contributed by atoms with E-state index in [4.69, 9.17) is 5.11 Å². The zero-order chi connectivity index (χ0) is 13.3. The van der Waals surface area contributed by atoms with Crippen LogP contribution in [0.3, 0.4) is 0 Å². The van der Waals surface area contributed by atoms with Crippen molar-refractivity contribution in [3.8, 4) is 0 Å². The summed E-state index contributed by atoms with van der Waals surface area (Å²) >= 11 is 0. The molecule has 1 aliphatic heterocycles. The van der Waals surface area contributed by atoms with Crippen molar-refractivity contribution >= 4 is 17.5 Å². The molecular weight excluding hydrogens is 240 g/mol. The number of amides is 2. The molecule has 0 spiro atoms. The molecular formula is C11H8N2O5. The summed E-state index contributed by atoms with van der Waals surface area (Å²) in [6.45, 7) is 0. The zero-order valence-electron chi connectivity index (χ0n) is 9.04. The van der Waals surface area contributed by atoms with E-state index in [1.807, 2.05) is 0 Å². The summed E-state index contributed by atoms with van der Waals surface area (Å²) in [5, 5.41) is 21.6. The minimum absolute atomic E-state index is 0.00329. The second kappa shape index (κ2) is 4.28. The predicted molar refractivity (Wildman–Crippen MR) is 60.4 cm³/mol. The largest absolute Gasteiger partial charge is 0.516 e. The van der Waals surface area contributed by atoms with Crippen LogP contribution in [0.4, 0.5) is 5.69 Å². The molecule has 0 unspecified atom stereocenters. The minimum atomic E-state index is -0.653. The summed E-state index contributed by atoms with van der Waals surface area (Å²) in [6, 6.07) is 2.43. The molecule has 7 heteroatoms. The number of carbonyl (C=O) groups is 2. The van der Waals surface area contributed by atoms with Gasteiger partial charge in [0, 0.05) is 18.1 Å². The maximum atomic E-state index is 11.6. The van der Waals surface area contributed by atoms with Gasteiger partial charge in [-0.15, -0.1) is 0 Å². The second-order valence-corrected chi connectivity index (χ2v) is 3.62. The maximum Gasteiger partial charge on any atom is 0.273 e. The number of imide groups is 1. The van der Waals surface area contributed by atoms with Crippen molar-refractivity contribution in [3.63, 3.8) is 0 Å². The average molecular weight is 248 g/mol. The number of aliphatic hydroxyl groups excluding tert-OH is 1. The number of hydrogen-bond donors (Lipinski definition) is 2. The van der Waals surface area contributed by atoms with Crippen LogP contribution in [-0.4, -0.2) is 21.8 Å². The number of nitrogens with one attached hydrogen (secondary N) is 1. The number of carbonyl (C=O) groups excluding carboxylic acids is 2. The lowest BCUT2D eigenvalue weighted by Crippen LogP contribution is -2.20. The van der Waals surface area contributed by atoms with Gasteiger partial charge in [-0.05, 0) is 12.1 Å². The number of nitro groups is 1. The minimum Gasteiger partial charge on any atom is -0.516 e. The molecule has 1 aromatic carbocycles. The van der Waals surface area contributed by atoms with Gasteiger partial charge in [-0.1, -0.05) is 0 Å². The topological polar surface area (TPSA) is 110 Å². The summed E-state index contributed by atoms with van der Waals surface area (Å²) in [5.41, 5.74) is -0.0120. The fraction of sp³-hybridized carbons (Fsp3) is 0.0909. The molecule has 0 radical (unpaired) electrons. The van der Waals surface area contributed by atoms with E-state index in [-0.39, 0.29) is 28.8 Å². The molecule has 0 bridgehead atoms. The molecule has 2 rings (SSSR count). The lowest BCUT2D eigenvalue weighted by Gasteiger charge is -2.04. The van der Waals surface area contributed by atoms with Gasteiger partial charge in [-0.3, -0.25) is 25.0 Å². The molecule has 0 fully saturated rings. The number of nitrogens with zero attached hydrogens (tertiary/aromatic N) is 1. The Kier molecular flexibility index (Phi) is 2.80. The predicted octanol–water partition coefficient (Wildman–Crippen LogP) is 1.09. The molecule has 7 nitrogen and oxygen atoms in total. The van der Waals surface area contributed by atoms with Crippen LogP contribution in [0.25, 0.3) is 0 Å². The van der Waals surface area contributed by atoms with E-state index < -0.39 is 16.7 Å². The molecule has 1 aliphatic rings. The van der Waals surface area contributed by atoms with Gasteiger partial charge in [-0.2, -0.15) is 0 Å². The number of rotatable bonds is 3. The highest BCUT2D eigenvalue weighted by Gasteiger charge is 2.33. The Morgan fingerprint density at radius 3 is 2.67 bits per heavy atom. The Bertz CT molecular complexity index is 591. The highest BCUT2D eigenvalue weighted by Crippen LogP contribution is 2.29. The van der Waals surface area contributed by atoms with Crippen LogP contribution in [-0.2, 0) is 6.42 Å². The Labute approximate surface area is 101 Å². The number of allylic oxidation sites excluding steroid dienone is 1. The summed E-state index contributed by atoms with van der Waals surface area (Å²) in [4.78, 5) is 33.3. The molecule has 2 amide bonds. The van der Waals surface area contributed by atoms with Crippen molar-refractivity contribution < 1.29 is 19.6 Å². The molecule has 1 aromatic rings. The number of fused-ring (bicyclic) bond motifs is 1. The highest BCUT2D eigenvalue weighted by atomic mass is 16.6. The summed E-state index contributed by atoms with van der Waals surface area (Å²) in [6.07, 6.45) is 1.99. The van der Waals surface area contributed by atoms with Crippen LogP contribution in [0, 0.1) is 10.1 Å². The summed E-state index contributed by atoms with van der Waals surface area (Å²) < 4.78 is 0. The van der Waals surface area contributed by atoms with E-state index in [1.165, 1.54) is 18.2 Å². The number of benzene rings is 1. The van der Waals surface area contributed by atoms with E-state index in [0.29, 0.717) is 0 Å². The van der Waals surface area contributed by atoms with Gasteiger partial charge < -0.3 is 5.11 Å². The van der Waals surface area contributed by atoms with Crippen molar-refractivity contribution in [1.29, 1.82) is 0 Å². The number of nitro benzene ring substituents is 1. The maximum absolute atomic E-state index is 11.6. The first-order valence-electron chi connectivity index (χ1n) is 5.01. The molecule has 18 heavy (non-hydrogen) atoms. The Morgan fingerprint density at radius 1 is 1.33 bits per heavy atom. The molecule has 0 saturated carbocycles. The fourth-order valence-corrected chi connectivity index (χ4v) is 1.87. The zero-order valence-corrected chi connectivity index (χ0v) is 9.04. The van der Waals surface area contributed by atoms with Crippen molar-refractivity contribution in [3.05, 3.63) is 51.3 Å². The summed E-state index contributed by atoms with van der Waals surface area (Å²) in [7, 11) is 0. The van der Waals surface area contributed by atoms with Crippen molar-refractivity contribution in [1.82, 2.24) is 5.32 Å². The molecule has 2 N–H and O–H groups in total. The third-order valence-electron chi connectivity index (χ3n) is 2.61. The van der Waals surface area contributed by atoms with Gasteiger partial charge in [0.15, 0.2) is 0 Å². The molecule has 1 heterocycles. The molecule has 0 saturated heterocycles. The normalized spacial score (nSPS) is 13.8. The highest BCUT2D eigenvalue weighted by molar-refractivity contribution is 6.22. The van der Waals surface area contributed by atoms with E-state index in [2.05, 4.69) is 5.32 Å². The first-order valence-corrected chi connectivity index (χ1v) is 5.01. The van der Waals surface area contributed by atoms with Gasteiger partial charge in [-0.25, -0.2) is 0 Å². The van der Waals surface area contributed by atoms with E-state index in [0.717, 1.165) is 6.26 Å². The van der Waals surface area contributed by atoms with Crippen LogP contribution in [0.5, 0.6) is 0 Å². The average Bonchev–Trinajstić information content (AvgIpc) is 2.62. The first kappa shape index (κ1) is 11.8. The van der Waals surface area contributed by atoms with E-state index in [9.17, 15) is 19.7 Å². The molecule has 0 aromatic heterocycles. The second-order valence-electron chi connectivity index (χ2n) is 3.62. The molecule has 0 aliphatic carbocycles. The summed E-state index contributed by atoms with van der Waals surface area (Å²) in [5.74, 6) is -1.22. The van der Waals surface area contributed by atoms with Crippen LogP contribution < -0.4 is 5.32 Å². The quantitative estimate of drug-likeness (QED) is 0.360. The van der Waals surface area contributed by atoms with Crippen molar-refractivity contribution in [2.45, 2.75) is 6.42 Å². The fourth-order valence-electron chi connectivity index (χ4n) is 1.87. The lowest BCUT2D eigenvalue weighted by molar-refractivity contribution is -0.385. The van der Waals surface area contributed by atoms with Crippen molar-refractivity contribution in [2.24, 2.45) is 0 Å².